The summed E-state index contributed by atoms with van der Waals surface area (Å²) in [6.45, 7) is 6.09. The second kappa shape index (κ2) is 3.34. The Morgan fingerprint density at radius 3 is 2.69 bits per heavy atom. The third-order valence-corrected chi connectivity index (χ3v) is 2.56. The van der Waals surface area contributed by atoms with Crippen LogP contribution in [0.3, 0.4) is 0 Å². The van der Waals surface area contributed by atoms with Crippen LogP contribution in [0.2, 0.25) is 0 Å². The molecule has 2 heterocycles. The standard InChI is InChI=1S/C13H13FN2/c1-5-11-9(13(2,3)4)6-8-10(14)7-15-12(8)16-11/h1,6-7H,2-4H3,(H,15,16). The lowest BCUT2D eigenvalue weighted by Gasteiger charge is -2.20. The number of fused-ring (bicyclic) bond motifs is 1. The zero-order valence-electron chi connectivity index (χ0n) is 9.56. The highest BCUT2D eigenvalue weighted by molar-refractivity contribution is 5.78. The minimum absolute atomic E-state index is 0.146. The van der Waals surface area contributed by atoms with Crippen molar-refractivity contribution in [3.05, 3.63) is 29.3 Å². The Bertz CT molecular complexity index is 582. The smallest absolute Gasteiger partial charge is 0.150 e. The van der Waals surface area contributed by atoms with Crippen molar-refractivity contribution < 1.29 is 4.39 Å². The molecule has 16 heavy (non-hydrogen) atoms. The number of nitrogens with zero attached hydrogens (tertiary/aromatic N) is 1. The lowest BCUT2D eigenvalue weighted by molar-refractivity contribution is 0.586. The molecule has 0 aliphatic heterocycles. The molecule has 0 unspecified atom stereocenters. The number of rotatable bonds is 0. The Morgan fingerprint density at radius 1 is 1.44 bits per heavy atom. The van der Waals surface area contributed by atoms with Gasteiger partial charge in [0.05, 0.1) is 5.39 Å². The van der Waals surface area contributed by atoms with Crippen molar-refractivity contribution in [2.75, 3.05) is 0 Å². The number of nitrogens with one attached hydrogen (secondary N) is 1. The van der Waals surface area contributed by atoms with Gasteiger partial charge in [-0.2, -0.15) is 0 Å². The van der Waals surface area contributed by atoms with E-state index in [4.69, 9.17) is 6.42 Å². The summed E-state index contributed by atoms with van der Waals surface area (Å²) in [5.41, 5.74) is 1.81. The number of aromatic nitrogens is 2. The molecule has 0 amide bonds. The second-order valence-corrected chi connectivity index (χ2v) is 4.81. The van der Waals surface area contributed by atoms with E-state index in [0.717, 1.165) is 5.56 Å². The minimum atomic E-state index is -0.295. The minimum Gasteiger partial charge on any atom is -0.343 e. The van der Waals surface area contributed by atoms with E-state index in [0.29, 0.717) is 16.7 Å². The van der Waals surface area contributed by atoms with Crippen molar-refractivity contribution in [2.24, 2.45) is 0 Å². The molecular formula is C13H13FN2. The monoisotopic (exact) mass is 216 g/mol. The van der Waals surface area contributed by atoms with Crippen molar-refractivity contribution in [1.29, 1.82) is 0 Å². The molecule has 2 aromatic rings. The molecule has 0 saturated heterocycles. The van der Waals surface area contributed by atoms with Crippen LogP contribution < -0.4 is 0 Å². The van der Waals surface area contributed by atoms with Gasteiger partial charge in [0.1, 0.15) is 17.2 Å². The molecule has 0 saturated carbocycles. The molecule has 0 bridgehead atoms. The zero-order valence-corrected chi connectivity index (χ0v) is 9.56. The van der Waals surface area contributed by atoms with Crippen molar-refractivity contribution in [3.63, 3.8) is 0 Å². The van der Waals surface area contributed by atoms with E-state index in [1.807, 2.05) is 20.8 Å². The maximum absolute atomic E-state index is 13.4. The Morgan fingerprint density at radius 2 is 2.12 bits per heavy atom. The van der Waals surface area contributed by atoms with Crippen molar-refractivity contribution in [1.82, 2.24) is 9.97 Å². The van der Waals surface area contributed by atoms with Gasteiger partial charge in [-0.1, -0.05) is 20.8 Å². The first-order valence-electron chi connectivity index (χ1n) is 5.08. The van der Waals surface area contributed by atoms with E-state index in [1.54, 1.807) is 6.07 Å². The fraction of sp³-hybridized carbons (Fsp3) is 0.308. The molecule has 0 aliphatic carbocycles. The molecule has 0 spiro atoms. The highest BCUT2D eigenvalue weighted by atomic mass is 19.1. The van der Waals surface area contributed by atoms with Gasteiger partial charge >= 0.3 is 0 Å². The van der Waals surface area contributed by atoms with Crippen LogP contribution >= 0.6 is 0 Å². The quantitative estimate of drug-likeness (QED) is 0.674. The van der Waals surface area contributed by atoms with E-state index in [-0.39, 0.29) is 11.2 Å². The van der Waals surface area contributed by atoms with Crippen LogP contribution in [0.4, 0.5) is 4.39 Å². The topological polar surface area (TPSA) is 28.7 Å². The van der Waals surface area contributed by atoms with Crippen LogP contribution in [0.1, 0.15) is 32.0 Å². The Labute approximate surface area is 93.9 Å². The van der Waals surface area contributed by atoms with E-state index in [9.17, 15) is 4.39 Å². The van der Waals surface area contributed by atoms with Crippen LogP contribution in [0.15, 0.2) is 12.3 Å². The first-order chi connectivity index (χ1) is 7.43. The molecule has 0 aromatic carbocycles. The van der Waals surface area contributed by atoms with Crippen LogP contribution in [-0.4, -0.2) is 9.97 Å². The zero-order chi connectivity index (χ0) is 11.9. The first-order valence-corrected chi connectivity index (χ1v) is 5.08. The number of halogens is 1. The molecule has 1 N–H and O–H groups in total. The number of aromatic amines is 1. The summed E-state index contributed by atoms with van der Waals surface area (Å²) in [6.07, 6.45) is 6.72. The molecule has 0 fully saturated rings. The van der Waals surface area contributed by atoms with Crippen molar-refractivity contribution in [3.8, 4) is 12.3 Å². The maximum Gasteiger partial charge on any atom is 0.150 e. The summed E-state index contributed by atoms with van der Waals surface area (Å²) in [5, 5.41) is 0.490. The van der Waals surface area contributed by atoms with Gasteiger partial charge in [0.2, 0.25) is 0 Å². The fourth-order valence-corrected chi connectivity index (χ4v) is 1.70. The predicted octanol–water partition coefficient (Wildman–Crippen LogP) is 2.98. The highest BCUT2D eigenvalue weighted by Gasteiger charge is 2.20. The number of H-pyrrole nitrogens is 1. The van der Waals surface area contributed by atoms with Crippen molar-refractivity contribution >= 4 is 11.0 Å². The van der Waals surface area contributed by atoms with Gasteiger partial charge in [-0.15, -0.1) is 6.42 Å². The van der Waals surface area contributed by atoms with Crippen LogP contribution in [0, 0.1) is 18.2 Å². The molecular weight excluding hydrogens is 203 g/mol. The summed E-state index contributed by atoms with van der Waals surface area (Å²) >= 11 is 0. The molecule has 2 rings (SSSR count). The van der Waals surface area contributed by atoms with E-state index in [1.165, 1.54) is 6.20 Å². The second-order valence-electron chi connectivity index (χ2n) is 4.81. The van der Waals surface area contributed by atoms with Crippen LogP contribution in [0.25, 0.3) is 11.0 Å². The van der Waals surface area contributed by atoms with Gasteiger partial charge in [-0.25, -0.2) is 9.37 Å². The molecule has 0 aliphatic rings. The number of pyridine rings is 1. The van der Waals surface area contributed by atoms with Gasteiger partial charge in [-0.3, -0.25) is 0 Å². The largest absolute Gasteiger partial charge is 0.343 e. The number of terminal acetylenes is 1. The summed E-state index contributed by atoms with van der Waals surface area (Å²) in [6, 6.07) is 1.78. The van der Waals surface area contributed by atoms with Gasteiger partial charge in [0, 0.05) is 6.20 Å². The molecule has 3 heteroatoms. The normalized spacial score (nSPS) is 11.7. The average molecular weight is 216 g/mol. The first kappa shape index (κ1) is 10.7. The summed E-state index contributed by atoms with van der Waals surface area (Å²) < 4.78 is 13.4. The van der Waals surface area contributed by atoms with Crippen molar-refractivity contribution in [2.45, 2.75) is 26.2 Å². The van der Waals surface area contributed by atoms with Gasteiger partial charge < -0.3 is 4.98 Å². The molecule has 0 atom stereocenters. The Kier molecular flexibility index (Phi) is 2.23. The number of hydrogen-bond donors (Lipinski definition) is 1. The maximum atomic E-state index is 13.4. The Balaban J connectivity index is 2.82. The third kappa shape index (κ3) is 1.57. The van der Waals surface area contributed by atoms with Gasteiger partial charge in [0.25, 0.3) is 0 Å². The molecule has 0 radical (unpaired) electrons. The van der Waals surface area contributed by atoms with Gasteiger partial charge in [0.15, 0.2) is 0 Å². The average Bonchev–Trinajstić information content (AvgIpc) is 2.57. The highest BCUT2D eigenvalue weighted by Crippen LogP contribution is 2.28. The summed E-state index contributed by atoms with van der Waals surface area (Å²) in [5.74, 6) is 2.26. The number of hydrogen-bond acceptors (Lipinski definition) is 1. The summed E-state index contributed by atoms with van der Waals surface area (Å²) in [4.78, 5) is 7.01. The molecule has 82 valence electrons. The summed E-state index contributed by atoms with van der Waals surface area (Å²) in [7, 11) is 0. The van der Waals surface area contributed by atoms with E-state index >= 15 is 0 Å². The molecule has 2 aromatic heterocycles. The lowest BCUT2D eigenvalue weighted by Crippen LogP contribution is -2.14. The molecule has 2 nitrogen and oxygen atoms in total. The van der Waals surface area contributed by atoms with E-state index in [2.05, 4.69) is 15.9 Å². The fourth-order valence-electron chi connectivity index (χ4n) is 1.70. The Hall–Kier alpha value is -1.82. The lowest BCUT2D eigenvalue weighted by atomic mass is 9.85. The predicted molar refractivity (Wildman–Crippen MR) is 62.7 cm³/mol. The SMILES string of the molecule is C#Cc1nc2[nH]cc(F)c2cc1C(C)(C)C. The van der Waals surface area contributed by atoms with E-state index < -0.39 is 0 Å². The van der Waals surface area contributed by atoms with Gasteiger partial charge in [-0.05, 0) is 23.0 Å². The third-order valence-electron chi connectivity index (χ3n) is 2.56. The van der Waals surface area contributed by atoms with Crippen LogP contribution in [0.5, 0.6) is 0 Å². The van der Waals surface area contributed by atoms with Crippen LogP contribution in [-0.2, 0) is 5.41 Å².